The van der Waals surface area contributed by atoms with Crippen LogP contribution in [0.3, 0.4) is 0 Å². The number of cyclic esters (lactones) is 1. The Morgan fingerprint density at radius 1 is 1.39 bits per heavy atom. The van der Waals surface area contributed by atoms with Crippen molar-refractivity contribution in [3.63, 3.8) is 0 Å². The van der Waals surface area contributed by atoms with Crippen LogP contribution in [0.2, 0.25) is 0 Å². The lowest BCUT2D eigenvalue weighted by molar-refractivity contribution is -0.166. The van der Waals surface area contributed by atoms with Gasteiger partial charge in [-0.1, -0.05) is 47.1 Å². The molecule has 3 aliphatic rings. The number of carbonyl (C=O) groups excluding carboxylic acids is 2. The molecule has 3 fully saturated rings. The first-order valence-electron chi connectivity index (χ1n) is 8.79. The molecule has 0 aromatic carbocycles. The van der Waals surface area contributed by atoms with Crippen LogP contribution in [0.4, 0.5) is 0 Å². The maximum absolute atomic E-state index is 12.7. The first kappa shape index (κ1) is 16.5. The van der Waals surface area contributed by atoms with Crippen LogP contribution in [0.1, 0.15) is 53.4 Å². The van der Waals surface area contributed by atoms with Crippen LogP contribution in [-0.4, -0.2) is 24.6 Å². The van der Waals surface area contributed by atoms with Crippen LogP contribution < -0.4 is 0 Å². The molecule has 3 rings (SSSR count). The Bertz CT molecular complexity index is 534. The lowest BCUT2D eigenvalue weighted by Gasteiger charge is -2.43. The summed E-state index contributed by atoms with van der Waals surface area (Å²) in [7, 11) is 0. The molecule has 0 aromatic rings. The average Bonchev–Trinajstić information content (AvgIpc) is 2.91. The van der Waals surface area contributed by atoms with Gasteiger partial charge in [-0.15, -0.1) is 0 Å². The first-order chi connectivity index (χ1) is 10.7. The minimum atomic E-state index is -0.831. The van der Waals surface area contributed by atoms with E-state index >= 15 is 0 Å². The van der Waals surface area contributed by atoms with E-state index in [-0.39, 0.29) is 35.8 Å². The van der Waals surface area contributed by atoms with Gasteiger partial charge in [0.15, 0.2) is 0 Å². The second-order valence-corrected chi connectivity index (χ2v) is 8.28. The van der Waals surface area contributed by atoms with Gasteiger partial charge in [-0.2, -0.15) is 0 Å². The maximum atomic E-state index is 12.7. The summed E-state index contributed by atoms with van der Waals surface area (Å²) in [6.07, 6.45) is 3.55. The molecule has 0 aromatic heterocycles. The number of carbonyl (C=O) groups is 2. The fraction of sp³-hybridized carbons (Fsp3) is 0.789. The van der Waals surface area contributed by atoms with Crippen LogP contribution in [0.15, 0.2) is 12.2 Å². The quantitative estimate of drug-likeness (QED) is 0.577. The molecule has 4 heteroatoms. The third-order valence-electron chi connectivity index (χ3n) is 6.72. The van der Waals surface area contributed by atoms with Gasteiger partial charge >= 0.3 is 11.9 Å². The zero-order valence-corrected chi connectivity index (χ0v) is 14.7. The van der Waals surface area contributed by atoms with Gasteiger partial charge in [0.25, 0.3) is 0 Å². The van der Waals surface area contributed by atoms with Gasteiger partial charge < -0.3 is 9.47 Å². The molecule has 23 heavy (non-hydrogen) atoms. The lowest BCUT2D eigenvalue weighted by atomic mass is 9.63. The van der Waals surface area contributed by atoms with E-state index in [0.717, 1.165) is 24.8 Å². The molecule has 2 aliphatic carbocycles. The smallest absolute Gasteiger partial charge is 0.320 e. The van der Waals surface area contributed by atoms with Crippen LogP contribution in [-0.2, 0) is 19.1 Å². The minimum Gasteiger partial charge on any atom is -0.460 e. The van der Waals surface area contributed by atoms with Gasteiger partial charge in [-0.25, -0.2) is 0 Å². The van der Waals surface area contributed by atoms with Crippen molar-refractivity contribution in [1.82, 2.24) is 0 Å². The second kappa shape index (κ2) is 5.35. The number of hydrogen-bond acceptors (Lipinski definition) is 4. The molecular formula is C19H28O4. The highest BCUT2D eigenvalue weighted by molar-refractivity contribution is 5.86. The molecule has 0 N–H and O–H groups in total. The van der Waals surface area contributed by atoms with E-state index in [1.54, 1.807) is 0 Å². The highest BCUT2D eigenvalue weighted by atomic mass is 16.6. The maximum Gasteiger partial charge on any atom is 0.320 e. The number of rotatable bonds is 2. The van der Waals surface area contributed by atoms with Gasteiger partial charge in [0.2, 0.25) is 0 Å². The molecule has 0 bridgehead atoms. The summed E-state index contributed by atoms with van der Waals surface area (Å²) in [4.78, 5) is 25.0. The van der Waals surface area contributed by atoms with Crippen LogP contribution in [0.5, 0.6) is 0 Å². The third-order valence-corrected chi connectivity index (χ3v) is 6.72. The molecule has 0 amide bonds. The molecule has 128 valence electrons. The van der Waals surface area contributed by atoms with Crippen molar-refractivity contribution >= 4 is 11.9 Å². The summed E-state index contributed by atoms with van der Waals surface area (Å²) >= 11 is 0. The van der Waals surface area contributed by atoms with Crippen molar-refractivity contribution in [2.45, 2.75) is 59.5 Å². The summed E-state index contributed by atoms with van der Waals surface area (Å²) in [5.41, 5.74) is -0.0541. The van der Waals surface area contributed by atoms with Crippen molar-refractivity contribution in [2.24, 2.45) is 28.6 Å². The summed E-state index contributed by atoms with van der Waals surface area (Å²) in [6.45, 7) is 12.5. The van der Waals surface area contributed by atoms with Gasteiger partial charge in [0.1, 0.15) is 18.1 Å². The molecular weight excluding hydrogens is 292 g/mol. The zero-order valence-electron chi connectivity index (χ0n) is 14.7. The lowest BCUT2D eigenvalue weighted by Crippen LogP contribution is -2.43. The largest absolute Gasteiger partial charge is 0.460 e. The summed E-state index contributed by atoms with van der Waals surface area (Å²) < 4.78 is 11.3. The van der Waals surface area contributed by atoms with Crippen molar-refractivity contribution < 1.29 is 19.1 Å². The van der Waals surface area contributed by atoms with Gasteiger partial charge in [0, 0.05) is 5.92 Å². The summed E-state index contributed by atoms with van der Waals surface area (Å²) in [5, 5.41) is 0. The van der Waals surface area contributed by atoms with E-state index in [9.17, 15) is 9.59 Å². The zero-order chi connectivity index (χ0) is 17.0. The SMILES string of the molecule is C=C1COC(=O)C12CC1(C)C(C)CCCC1C2OC(=O)C(C)C. The van der Waals surface area contributed by atoms with E-state index in [4.69, 9.17) is 9.47 Å². The predicted octanol–water partition coefficient (Wildman–Crippen LogP) is 3.50. The third kappa shape index (κ3) is 2.17. The van der Waals surface area contributed by atoms with E-state index < -0.39 is 11.5 Å². The fourth-order valence-electron chi connectivity index (χ4n) is 5.03. The Balaban J connectivity index is 2.05. The highest BCUT2D eigenvalue weighted by Crippen LogP contribution is 2.65. The Labute approximate surface area is 138 Å². The minimum absolute atomic E-state index is 0.00746. The molecule has 1 spiro atoms. The van der Waals surface area contributed by atoms with Crippen molar-refractivity contribution in [3.8, 4) is 0 Å². The molecule has 4 nitrogen and oxygen atoms in total. The Hall–Kier alpha value is -1.32. The van der Waals surface area contributed by atoms with Crippen LogP contribution >= 0.6 is 0 Å². The van der Waals surface area contributed by atoms with E-state index in [0.29, 0.717) is 12.3 Å². The Kier molecular flexibility index (Phi) is 3.85. The molecule has 1 aliphatic heterocycles. The van der Waals surface area contributed by atoms with Gasteiger partial charge in [0.05, 0.1) is 5.92 Å². The molecule has 1 heterocycles. The van der Waals surface area contributed by atoms with Gasteiger partial charge in [-0.05, 0) is 29.7 Å². The average molecular weight is 320 g/mol. The highest BCUT2D eigenvalue weighted by Gasteiger charge is 2.69. The number of esters is 2. The number of fused-ring (bicyclic) bond motifs is 1. The molecule has 5 atom stereocenters. The number of hydrogen-bond donors (Lipinski definition) is 0. The summed E-state index contributed by atoms with van der Waals surface area (Å²) in [6, 6.07) is 0. The molecule has 0 radical (unpaired) electrons. The number of ether oxygens (including phenoxy) is 2. The standard InChI is InChI=1S/C19H28O4/c1-11(2)16(20)23-15-14-8-6-7-12(3)18(14,5)10-19(15)13(4)9-22-17(19)21/h11-12,14-15H,4,6-10H2,1-3,5H3. The molecule has 2 saturated carbocycles. The molecule has 1 saturated heterocycles. The van der Waals surface area contributed by atoms with Crippen LogP contribution in [0.25, 0.3) is 0 Å². The normalized spacial score (nSPS) is 42.9. The van der Waals surface area contributed by atoms with Crippen molar-refractivity contribution in [2.75, 3.05) is 6.61 Å². The van der Waals surface area contributed by atoms with E-state index in [1.807, 2.05) is 13.8 Å². The van der Waals surface area contributed by atoms with Crippen LogP contribution in [0, 0.1) is 28.6 Å². The second-order valence-electron chi connectivity index (χ2n) is 8.28. The summed E-state index contributed by atoms with van der Waals surface area (Å²) in [5.74, 6) is 0.0280. The van der Waals surface area contributed by atoms with E-state index in [2.05, 4.69) is 20.4 Å². The monoisotopic (exact) mass is 320 g/mol. The van der Waals surface area contributed by atoms with E-state index in [1.165, 1.54) is 0 Å². The Morgan fingerprint density at radius 2 is 2.09 bits per heavy atom. The van der Waals surface area contributed by atoms with Gasteiger partial charge in [-0.3, -0.25) is 9.59 Å². The fourth-order valence-corrected chi connectivity index (χ4v) is 5.03. The first-order valence-corrected chi connectivity index (χ1v) is 8.79. The molecule has 5 unspecified atom stereocenters. The topological polar surface area (TPSA) is 52.6 Å². The van der Waals surface area contributed by atoms with Crippen molar-refractivity contribution in [1.29, 1.82) is 0 Å². The van der Waals surface area contributed by atoms with Crippen molar-refractivity contribution in [3.05, 3.63) is 12.2 Å². The Morgan fingerprint density at radius 3 is 2.65 bits per heavy atom. The predicted molar refractivity (Wildman–Crippen MR) is 86.5 cm³/mol.